The van der Waals surface area contributed by atoms with E-state index in [-0.39, 0.29) is 5.56 Å². The molecule has 0 amide bonds. The number of H-pyrrole nitrogens is 2. The molecule has 0 bridgehead atoms. The molecule has 3 N–H and O–H groups in total. The number of hydrogen-bond acceptors (Lipinski definition) is 4. The van der Waals surface area contributed by atoms with E-state index in [2.05, 4.69) is 25.3 Å². The van der Waals surface area contributed by atoms with E-state index in [9.17, 15) is 4.79 Å². The Kier molecular flexibility index (Phi) is 3.55. The lowest BCUT2D eigenvalue weighted by molar-refractivity contribution is 1.09. The molecule has 4 heterocycles. The molecule has 0 radical (unpaired) electrons. The van der Waals surface area contributed by atoms with Gasteiger partial charge in [0.2, 0.25) is 5.56 Å². The molecule has 0 aliphatic carbocycles. The van der Waals surface area contributed by atoms with Crippen LogP contribution in [0.1, 0.15) is 5.56 Å². The van der Waals surface area contributed by atoms with Crippen molar-refractivity contribution in [2.75, 3.05) is 5.32 Å². The van der Waals surface area contributed by atoms with Crippen LogP contribution in [0.5, 0.6) is 0 Å². The standard InChI is InChI=1S/C18H15N5O/c24-17-5-1-4-15(22-17)14-9-16(23-18-13(14)6-8-20-18)21-11-12-3-2-7-19-10-12/h1-10H,11H2,(H,22,24)(H2,20,21,23). The number of aromatic nitrogens is 4. The Morgan fingerprint density at radius 1 is 1.12 bits per heavy atom. The molecular formula is C18H15N5O. The molecule has 24 heavy (non-hydrogen) atoms. The topological polar surface area (TPSA) is 86.5 Å². The van der Waals surface area contributed by atoms with Gasteiger partial charge < -0.3 is 15.3 Å². The zero-order chi connectivity index (χ0) is 16.4. The molecule has 0 saturated heterocycles. The molecule has 6 nitrogen and oxygen atoms in total. The predicted octanol–water partition coefficient (Wildman–Crippen LogP) is 2.93. The van der Waals surface area contributed by atoms with Crippen molar-refractivity contribution < 1.29 is 0 Å². The number of hydrogen-bond donors (Lipinski definition) is 3. The molecule has 0 fully saturated rings. The summed E-state index contributed by atoms with van der Waals surface area (Å²) in [6.07, 6.45) is 5.40. The van der Waals surface area contributed by atoms with Crippen molar-refractivity contribution >= 4 is 16.9 Å². The lowest BCUT2D eigenvalue weighted by Gasteiger charge is -2.09. The highest BCUT2D eigenvalue weighted by Gasteiger charge is 2.09. The van der Waals surface area contributed by atoms with Crippen LogP contribution in [0.3, 0.4) is 0 Å². The summed E-state index contributed by atoms with van der Waals surface area (Å²) in [4.78, 5) is 26.3. The van der Waals surface area contributed by atoms with E-state index in [1.807, 2.05) is 42.7 Å². The van der Waals surface area contributed by atoms with E-state index in [1.54, 1.807) is 12.3 Å². The summed E-state index contributed by atoms with van der Waals surface area (Å²) in [5.74, 6) is 0.730. The Morgan fingerprint density at radius 2 is 2.08 bits per heavy atom. The van der Waals surface area contributed by atoms with Gasteiger partial charge in [0.1, 0.15) is 11.5 Å². The zero-order valence-electron chi connectivity index (χ0n) is 12.8. The summed E-state index contributed by atoms with van der Waals surface area (Å²) < 4.78 is 0. The van der Waals surface area contributed by atoms with Gasteiger partial charge in [-0.25, -0.2) is 4.98 Å². The van der Waals surface area contributed by atoms with Crippen molar-refractivity contribution in [1.82, 2.24) is 19.9 Å². The van der Waals surface area contributed by atoms with Gasteiger partial charge in [-0.3, -0.25) is 9.78 Å². The summed E-state index contributed by atoms with van der Waals surface area (Å²) in [6, 6.07) is 12.9. The minimum atomic E-state index is -0.127. The molecule has 118 valence electrons. The Labute approximate surface area is 137 Å². The number of pyridine rings is 3. The third kappa shape index (κ3) is 2.77. The molecular weight excluding hydrogens is 302 g/mol. The second kappa shape index (κ2) is 6.00. The zero-order valence-corrected chi connectivity index (χ0v) is 12.8. The van der Waals surface area contributed by atoms with Gasteiger partial charge in [0.05, 0.1) is 0 Å². The van der Waals surface area contributed by atoms with Crippen LogP contribution in [0.2, 0.25) is 0 Å². The number of rotatable bonds is 4. The molecule has 4 rings (SSSR count). The fourth-order valence-corrected chi connectivity index (χ4v) is 2.65. The lowest BCUT2D eigenvalue weighted by atomic mass is 10.1. The van der Waals surface area contributed by atoms with E-state index in [1.165, 1.54) is 6.07 Å². The van der Waals surface area contributed by atoms with Gasteiger partial charge >= 0.3 is 0 Å². The highest BCUT2D eigenvalue weighted by Crippen LogP contribution is 2.28. The first kappa shape index (κ1) is 14.2. The van der Waals surface area contributed by atoms with Crippen molar-refractivity contribution in [2.45, 2.75) is 6.54 Å². The molecule has 0 unspecified atom stereocenters. The van der Waals surface area contributed by atoms with Crippen molar-refractivity contribution in [1.29, 1.82) is 0 Å². The maximum absolute atomic E-state index is 11.6. The Morgan fingerprint density at radius 3 is 2.92 bits per heavy atom. The minimum absolute atomic E-state index is 0.127. The van der Waals surface area contributed by atoms with Gasteiger partial charge in [0.25, 0.3) is 0 Å². The summed E-state index contributed by atoms with van der Waals surface area (Å²) in [5, 5.41) is 4.27. The summed E-state index contributed by atoms with van der Waals surface area (Å²) in [6.45, 7) is 0.623. The first-order valence-electron chi connectivity index (χ1n) is 7.60. The number of aromatic amines is 2. The average Bonchev–Trinajstić information content (AvgIpc) is 3.08. The van der Waals surface area contributed by atoms with E-state index in [0.717, 1.165) is 33.7 Å². The van der Waals surface area contributed by atoms with Crippen LogP contribution in [-0.2, 0) is 6.54 Å². The van der Waals surface area contributed by atoms with Crippen LogP contribution in [0.4, 0.5) is 5.82 Å². The number of fused-ring (bicyclic) bond motifs is 1. The highest BCUT2D eigenvalue weighted by molar-refractivity contribution is 5.93. The van der Waals surface area contributed by atoms with Crippen molar-refractivity contribution in [3.63, 3.8) is 0 Å². The second-order valence-corrected chi connectivity index (χ2v) is 5.44. The van der Waals surface area contributed by atoms with Gasteiger partial charge in [-0.15, -0.1) is 0 Å². The minimum Gasteiger partial charge on any atom is -0.366 e. The molecule has 4 aromatic rings. The van der Waals surface area contributed by atoms with E-state index in [0.29, 0.717) is 6.54 Å². The van der Waals surface area contributed by atoms with Crippen LogP contribution < -0.4 is 10.9 Å². The Balaban J connectivity index is 1.73. The Hall–Kier alpha value is -3.41. The van der Waals surface area contributed by atoms with E-state index < -0.39 is 0 Å². The van der Waals surface area contributed by atoms with Gasteiger partial charge in [0, 0.05) is 47.8 Å². The number of nitrogens with zero attached hydrogens (tertiary/aromatic N) is 2. The summed E-state index contributed by atoms with van der Waals surface area (Å²) in [7, 11) is 0. The smallest absolute Gasteiger partial charge is 0.248 e. The molecule has 0 spiro atoms. The SMILES string of the molecule is O=c1cccc(-c2cc(NCc3cccnc3)nc3[nH]ccc23)[nH]1. The normalized spacial score (nSPS) is 10.8. The quantitative estimate of drug-likeness (QED) is 0.540. The van der Waals surface area contributed by atoms with Gasteiger partial charge in [-0.1, -0.05) is 12.1 Å². The first-order chi connectivity index (χ1) is 11.8. The van der Waals surface area contributed by atoms with E-state index >= 15 is 0 Å². The molecule has 0 atom stereocenters. The second-order valence-electron chi connectivity index (χ2n) is 5.44. The maximum Gasteiger partial charge on any atom is 0.248 e. The fourth-order valence-electron chi connectivity index (χ4n) is 2.65. The van der Waals surface area contributed by atoms with Crippen LogP contribution in [0.15, 0.2) is 65.8 Å². The maximum atomic E-state index is 11.6. The Bertz CT molecular complexity index is 1040. The largest absolute Gasteiger partial charge is 0.366 e. The van der Waals surface area contributed by atoms with Crippen molar-refractivity contribution in [3.05, 3.63) is 77.0 Å². The fraction of sp³-hybridized carbons (Fsp3) is 0.0556. The van der Waals surface area contributed by atoms with Crippen LogP contribution in [0.25, 0.3) is 22.3 Å². The molecule has 0 saturated carbocycles. The molecule has 0 aromatic carbocycles. The summed E-state index contributed by atoms with van der Waals surface area (Å²) in [5.41, 5.74) is 3.40. The molecule has 4 aromatic heterocycles. The molecule has 6 heteroatoms. The number of anilines is 1. The van der Waals surface area contributed by atoms with Crippen LogP contribution >= 0.6 is 0 Å². The monoisotopic (exact) mass is 317 g/mol. The van der Waals surface area contributed by atoms with Crippen LogP contribution in [0, 0.1) is 0 Å². The molecule has 0 aliphatic rings. The first-order valence-corrected chi connectivity index (χ1v) is 7.60. The molecule has 0 aliphatic heterocycles. The lowest BCUT2D eigenvalue weighted by Crippen LogP contribution is -2.05. The average molecular weight is 317 g/mol. The highest BCUT2D eigenvalue weighted by atomic mass is 16.1. The third-order valence-corrected chi connectivity index (χ3v) is 3.78. The predicted molar refractivity (Wildman–Crippen MR) is 93.7 cm³/mol. The van der Waals surface area contributed by atoms with Crippen molar-refractivity contribution in [2.24, 2.45) is 0 Å². The van der Waals surface area contributed by atoms with Crippen LogP contribution in [-0.4, -0.2) is 19.9 Å². The van der Waals surface area contributed by atoms with Gasteiger partial charge in [-0.2, -0.15) is 0 Å². The van der Waals surface area contributed by atoms with Gasteiger partial charge in [0.15, 0.2) is 0 Å². The third-order valence-electron chi connectivity index (χ3n) is 3.78. The van der Waals surface area contributed by atoms with Crippen molar-refractivity contribution in [3.8, 4) is 11.3 Å². The van der Waals surface area contributed by atoms with Gasteiger partial charge in [-0.05, 0) is 29.8 Å². The summed E-state index contributed by atoms with van der Waals surface area (Å²) >= 11 is 0. The number of nitrogens with one attached hydrogen (secondary N) is 3. The van der Waals surface area contributed by atoms with E-state index in [4.69, 9.17) is 0 Å².